The molecule has 1 unspecified atom stereocenters. The number of ether oxygens (including phenoxy) is 3. The van der Waals surface area contributed by atoms with Crippen LogP contribution < -0.4 is 4.74 Å². The number of benzene rings is 1. The summed E-state index contributed by atoms with van der Waals surface area (Å²) in [5, 5.41) is 0. The number of esters is 2. The monoisotopic (exact) mass is 336 g/mol. The molecule has 0 spiro atoms. The molecule has 0 aromatic heterocycles. The molecule has 0 saturated carbocycles. The van der Waals surface area contributed by atoms with Gasteiger partial charge in [0.1, 0.15) is 11.9 Å². The highest BCUT2D eigenvalue weighted by Crippen LogP contribution is 2.19. The smallest absolute Gasteiger partial charge is 0.338 e. The van der Waals surface area contributed by atoms with E-state index >= 15 is 0 Å². The minimum absolute atomic E-state index is 0.157. The van der Waals surface area contributed by atoms with Crippen LogP contribution in [0.15, 0.2) is 24.3 Å². The Morgan fingerprint density at radius 1 is 1.08 bits per heavy atom. The highest BCUT2D eigenvalue weighted by atomic mass is 16.5. The Kier molecular flexibility index (Phi) is 7.75. The van der Waals surface area contributed by atoms with E-state index < -0.39 is 5.41 Å². The SMILES string of the molecule is CCOC(=O)c1ccc(OCCC(CC)OC(=O)C(C)(C)C)cc1. The van der Waals surface area contributed by atoms with E-state index in [1.807, 2.05) is 27.7 Å². The molecule has 0 aliphatic carbocycles. The van der Waals surface area contributed by atoms with E-state index in [0.29, 0.717) is 30.9 Å². The van der Waals surface area contributed by atoms with E-state index in [1.54, 1.807) is 31.2 Å². The molecule has 1 aromatic carbocycles. The zero-order chi connectivity index (χ0) is 18.2. The van der Waals surface area contributed by atoms with Gasteiger partial charge in [0.05, 0.1) is 24.2 Å². The Morgan fingerprint density at radius 3 is 2.21 bits per heavy atom. The number of hydrogen-bond donors (Lipinski definition) is 0. The lowest BCUT2D eigenvalue weighted by atomic mass is 9.97. The standard InChI is InChI=1S/C19H28O5/c1-6-15(24-18(21)19(3,4)5)12-13-23-16-10-8-14(9-11-16)17(20)22-7-2/h8-11,15H,6-7,12-13H2,1-5H3. The molecule has 1 aromatic rings. The Bertz CT molecular complexity index is 528. The second-order valence-corrected chi connectivity index (χ2v) is 6.57. The molecule has 0 N–H and O–H groups in total. The van der Waals surface area contributed by atoms with Crippen LogP contribution in [0.2, 0.25) is 0 Å². The first-order valence-corrected chi connectivity index (χ1v) is 8.39. The summed E-state index contributed by atoms with van der Waals surface area (Å²) in [6.07, 6.45) is 1.21. The minimum atomic E-state index is -0.503. The first-order valence-electron chi connectivity index (χ1n) is 8.39. The van der Waals surface area contributed by atoms with Crippen molar-refractivity contribution in [3.63, 3.8) is 0 Å². The predicted octanol–water partition coefficient (Wildman–Crippen LogP) is 4.00. The third-order valence-corrected chi connectivity index (χ3v) is 3.42. The molecule has 0 fully saturated rings. The average Bonchev–Trinajstić information content (AvgIpc) is 2.53. The van der Waals surface area contributed by atoms with Gasteiger partial charge in [0.25, 0.3) is 0 Å². The molecule has 1 rings (SSSR count). The highest BCUT2D eigenvalue weighted by Gasteiger charge is 2.25. The maximum Gasteiger partial charge on any atom is 0.338 e. The van der Waals surface area contributed by atoms with Gasteiger partial charge in [-0.15, -0.1) is 0 Å². The lowest BCUT2D eigenvalue weighted by Gasteiger charge is -2.22. The van der Waals surface area contributed by atoms with E-state index in [4.69, 9.17) is 14.2 Å². The normalized spacial score (nSPS) is 12.4. The van der Waals surface area contributed by atoms with Crippen LogP contribution in [0.3, 0.4) is 0 Å². The minimum Gasteiger partial charge on any atom is -0.493 e. The van der Waals surface area contributed by atoms with Crippen molar-refractivity contribution < 1.29 is 23.8 Å². The molecule has 5 nitrogen and oxygen atoms in total. The topological polar surface area (TPSA) is 61.8 Å². The molecule has 0 amide bonds. The summed E-state index contributed by atoms with van der Waals surface area (Å²) in [5.41, 5.74) is -0.00764. The second-order valence-electron chi connectivity index (χ2n) is 6.57. The first-order chi connectivity index (χ1) is 11.3. The quantitative estimate of drug-likeness (QED) is 0.672. The van der Waals surface area contributed by atoms with Crippen molar-refractivity contribution in [1.29, 1.82) is 0 Å². The van der Waals surface area contributed by atoms with Gasteiger partial charge in [0, 0.05) is 6.42 Å². The Morgan fingerprint density at radius 2 is 1.71 bits per heavy atom. The molecule has 0 bridgehead atoms. The fraction of sp³-hybridized carbons (Fsp3) is 0.579. The molecule has 0 saturated heterocycles. The summed E-state index contributed by atoms with van der Waals surface area (Å²) >= 11 is 0. The second kappa shape index (κ2) is 9.30. The number of hydrogen-bond acceptors (Lipinski definition) is 5. The van der Waals surface area contributed by atoms with Crippen molar-refractivity contribution in [2.45, 2.75) is 53.6 Å². The zero-order valence-corrected chi connectivity index (χ0v) is 15.3. The van der Waals surface area contributed by atoms with Gasteiger partial charge in [-0.2, -0.15) is 0 Å². The molecule has 0 heterocycles. The van der Waals surface area contributed by atoms with Gasteiger partial charge in [-0.05, 0) is 58.4 Å². The Balaban J connectivity index is 2.45. The van der Waals surface area contributed by atoms with Gasteiger partial charge in [0.15, 0.2) is 0 Å². The molecular formula is C19H28O5. The van der Waals surface area contributed by atoms with Crippen molar-refractivity contribution in [3.05, 3.63) is 29.8 Å². The molecule has 24 heavy (non-hydrogen) atoms. The summed E-state index contributed by atoms with van der Waals surface area (Å²) in [6.45, 7) is 10.1. The van der Waals surface area contributed by atoms with Crippen LogP contribution in [0.25, 0.3) is 0 Å². The van der Waals surface area contributed by atoms with Gasteiger partial charge in [-0.3, -0.25) is 4.79 Å². The third kappa shape index (κ3) is 6.60. The molecule has 5 heteroatoms. The van der Waals surface area contributed by atoms with Crippen molar-refractivity contribution in [2.24, 2.45) is 5.41 Å². The highest BCUT2D eigenvalue weighted by molar-refractivity contribution is 5.89. The maximum atomic E-state index is 11.9. The van der Waals surface area contributed by atoms with Crippen LogP contribution in [0.1, 0.15) is 57.8 Å². The summed E-state index contributed by atoms with van der Waals surface area (Å²) in [5.74, 6) is 0.123. The maximum absolute atomic E-state index is 11.9. The van der Waals surface area contributed by atoms with Gasteiger partial charge in [-0.25, -0.2) is 4.79 Å². The molecular weight excluding hydrogens is 308 g/mol. The first kappa shape index (κ1) is 20.0. The van der Waals surface area contributed by atoms with Crippen LogP contribution >= 0.6 is 0 Å². The largest absolute Gasteiger partial charge is 0.493 e. The van der Waals surface area contributed by atoms with E-state index in [2.05, 4.69) is 0 Å². The number of rotatable bonds is 8. The fourth-order valence-electron chi connectivity index (χ4n) is 1.88. The third-order valence-electron chi connectivity index (χ3n) is 3.42. The molecule has 1 atom stereocenters. The molecule has 134 valence electrons. The van der Waals surface area contributed by atoms with Crippen LogP contribution in [0, 0.1) is 5.41 Å². The van der Waals surface area contributed by atoms with E-state index in [9.17, 15) is 9.59 Å². The van der Waals surface area contributed by atoms with Crippen molar-refractivity contribution >= 4 is 11.9 Å². The molecule has 0 aliphatic heterocycles. The van der Waals surface area contributed by atoms with Crippen molar-refractivity contribution in [3.8, 4) is 5.75 Å². The predicted molar refractivity (Wildman–Crippen MR) is 92.1 cm³/mol. The Labute approximate surface area is 144 Å². The van der Waals surface area contributed by atoms with Crippen LogP contribution in [-0.4, -0.2) is 31.3 Å². The van der Waals surface area contributed by atoms with Gasteiger partial charge < -0.3 is 14.2 Å². The average molecular weight is 336 g/mol. The van der Waals surface area contributed by atoms with Crippen LogP contribution in [0.5, 0.6) is 5.75 Å². The van der Waals surface area contributed by atoms with Crippen molar-refractivity contribution in [1.82, 2.24) is 0 Å². The lowest BCUT2D eigenvalue weighted by Crippen LogP contribution is -2.28. The van der Waals surface area contributed by atoms with E-state index in [0.717, 1.165) is 6.42 Å². The summed E-state index contributed by atoms with van der Waals surface area (Å²) in [7, 11) is 0. The lowest BCUT2D eigenvalue weighted by molar-refractivity contribution is -0.159. The van der Waals surface area contributed by atoms with E-state index in [-0.39, 0.29) is 18.0 Å². The molecule has 0 aliphatic rings. The van der Waals surface area contributed by atoms with Crippen LogP contribution in [-0.2, 0) is 14.3 Å². The fourth-order valence-corrected chi connectivity index (χ4v) is 1.88. The Hall–Kier alpha value is -2.04. The number of carbonyl (C=O) groups excluding carboxylic acids is 2. The van der Waals surface area contributed by atoms with Gasteiger partial charge >= 0.3 is 11.9 Å². The zero-order valence-electron chi connectivity index (χ0n) is 15.3. The summed E-state index contributed by atoms with van der Waals surface area (Å²) in [4.78, 5) is 23.5. The van der Waals surface area contributed by atoms with Gasteiger partial charge in [-0.1, -0.05) is 6.92 Å². The van der Waals surface area contributed by atoms with Crippen molar-refractivity contribution in [2.75, 3.05) is 13.2 Å². The van der Waals surface area contributed by atoms with Gasteiger partial charge in [0.2, 0.25) is 0 Å². The summed E-state index contributed by atoms with van der Waals surface area (Å²) < 4.78 is 16.1. The molecule has 0 radical (unpaired) electrons. The van der Waals surface area contributed by atoms with Crippen LogP contribution in [0.4, 0.5) is 0 Å². The van der Waals surface area contributed by atoms with E-state index in [1.165, 1.54) is 0 Å². The number of carbonyl (C=O) groups is 2. The summed E-state index contributed by atoms with van der Waals surface area (Å²) in [6, 6.07) is 6.80.